The number of nitriles is 1. The molecule has 1 aromatic carbocycles. The van der Waals surface area contributed by atoms with Gasteiger partial charge in [0.15, 0.2) is 0 Å². The topological polar surface area (TPSA) is 65.8 Å². The Balaban J connectivity index is 2.33. The van der Waals surface area contributed by atoms with E-state index in [4.69, 9.17) is 5.26 Å². The molecule has 0 spiro atoms. The van der Waals surface area contributed by atoms with Crippen molar-refractivity contribution in [3.8, 4) is 6.07 Å². The van der Waals surface area contributed by atoms with Crippen molar-refractivity contribution in [2.24, 2.45) is 5.92 Å². The summed E-state index contributed by atoms with van der Waals surface area (Å²) in [6, 6.07) is 9.50. The van der Waals surface area contributed by atoms with Gasteiger partial charge in [-0.05, 0) is 23.9 Å². The number of carbonyl (C=O) groups is 1. The Morgan fingerprint density at radius 3 is 3.06 bits per heavy atom. The average molecular weight is 239 g/mol. The minimum absolute atomic E-state index is 0.267. The molecule has 90 valence electrons. The lowest BCUT2D eigenvalue weighted by Crippen LogP contribution is -2.21. The molecule has 1 aromatic heterocycles. The summed E-state index contributed by atoms with van der Waals surface area (Å²) in [5, 5.41) is 13.5. The van der Waals surface area contributed by atoms with Gasteiger partial charge < -0.3 is 5.32 Å². The van der Waals surface area contributed by atoms with Gasteiger partial charge in [-0.1, -0.05) is 19.1 Å². The van der Waals surface area contributed by atoms with E-state index in [2.05, 4.69) is 10.3 Å². The maximum Gasteiger partial charge on any atom is 0.241 e. The first-order valence-electron chi connectivity index (χ1n) is 5.79. The van der Waals surface area contributed by atoms with Crippen LogP contribution in [0, 0.1) is 17.2 Å². The zero-order valence-corrected chi connectivity index (χ0v) is 10.1. The Kier molecular flexibility index (Phi) is 3.54. The third-order valence-corrected chi connectivity index (χ3v) is 2.82. The van der Waals surface area contributed by atoms with Crippen molar-refractivity contribution in [3.05, 3.63) is 36.7 Å². The van der Waals surface area contributed by atoms with Gasteiger partial charge in [0.2, 0.25) is 5.91 Å². The van der Waals surface area contributed by atoms with E-state index >= 15 is 0 Å². The van der Waals surface area contributed by atoms with Gasteiger partial charge in [-0.3, -0.25) is 9.78 Å². The lowest BCUT2D eigenvalue weighted by molar-refractivity contribution is -0.118. The van der Waals surface area contributed by atoms with Gasteiger partial charge in [0.1, 0.15) is 5.92 Å². The van der Waals surface area contributed by atoms with Gasteiger partial charge >= 0.3 is 0 Å². The zero-order chi connectivity index (χ0) is 13.0. The Hall–Kier alpha value is -2.41. The van der Waals surface area contributed by atoms with Crippen molar-refractivity contribution in [2.45, 2.75) is 13.3 Å². The van der Waals surface area contributed by atoms with Crippen LogP contribution < -0.4 is 5.32 Å². The molecule has 4 nitrogen and oxygen atoms in total. The molecule has 0 saturated heterocycles. The standard InChI is InChI=1S/C14H13N3O/c1-2-10(8-15)14(18)17-13-5-3-4-11-6-7-16-9-12(11)13/h3-7,9-10H,2H2,1H3,(H,17,18). The fraction of sp³-hybridized carbons (Fsp3) is 0.214. The molecule has 1 atom stereocenters. The second-order valence-corrected chi connectivity index (χ2v) is 3.98. The summed E-state index contributed by atoms with van der Waals surface area (Å²) in [5.41, 5.74) is 0.694. The minimum Gasteiger partial charge on any atom is -0.324 e. The SMILES string of the molecule is CCC(C#N)C(=O)Nc1cccc2ccncc12. The van der Waals surface area contributed by atoms with E-state index < -0.39 is 5.92 Å². The molecule has 2 rings (SSSR count). The molecule has 0 bridgehead atoms. The third kappa shape index (κ3) is 2.30. The summed E-state index contributed by atoms with van der Waals surface area (Å²) >= 11 is 0. The molecule has 0 aliphatic carbocycles. The van der Waals surface area contributed by atoms with E-state index in [-0.39, 0.29) is 5.91 Å². The van der Waals surface area contributed by atoms with E-state index in [9.17, 15) is 4.79 Å². The maximum atomic E-state index is 11.9. The van der Waals surface area contributed by atoms with Crippen LogP contribution in [-0.4, -0.2) is 10.9 Å². The van der Waals surface area contributed by atoms with Crippen molar-refractivity contribution in [1.82, 2.24) is 4.98 Å². The molecule has 0 aliphatic rings. The molecule has 4 heteroatoms. The highest BCUT2D eigenvalue weighted by atomic mass is 16.1. The smallest absolute Gasteiger partial charge is 0.241 e. The van der Waals surface area contributed by atoms with Crippen LogP contribution in [0.25, 0.3) is 10.8 Å². The van der Waals surface area contributed by atoms with E-state index in [0.29, 0.717) is 12.1 Å². The first-order valence-corrected chi connectivity index (χ1v) is 5.79. The average Bonchev–Trinajstić information content (AvgIpc) is 2.40. The Bertz CT molecular complexity index is 610. The number of aromatic nitrogens is 1. The number of fused-ring (bicyclic) bond motifs is 1. The van der Waals surface area contributed by atoms with Crippen molar-refractivity contribution < 1.29 is 4.79 Å². The van der Waals surface area contributed by atoms with Crippen LogP contribution >= 0.6 is 0 Å². The summed E-state index contributed by atoms with van der Waals surface area (Å²) in [4.78, 5) is 15.9. The van der Waals surface area contributed by atoms with Crippen molar-refractivity contribution in [2.75, 3.05) is 5.32 Å². The van der Waals surface area contributed by atoms with Gasteiger partial charge in [0, 0.05) is 17.8 Å². The summed E-state index contributed by atoms with van der Waals surface area (Å²) < 4.78 is 0. The summed E-state index contributed by atoms with van der Waals surface area (Å²) in [6.07, 6.45) is 3.92. The molecule has 1 unspecified atom stereocenters. The summed E-state index contributed by atoms with van der Waals surface area (Å²) in [7, 11) is 0. The molecule has 1 amide bonds. The molecule has 1 N–H and O–H groups in total. The van der Waals surface area contributed by atoms with Crippen LogP contribution in [0.5, 0.6) is 0 Å². The lowest BCUT2D eigenvalue weighted by Gasteiger charge is -2.10. The number of hydrogen-bond acceptors (Lipinski definition) is 3. The summed E-state index contributed by atoms with van der Waals surface area (Å²) in [6.45, 7) is 1.82. The highest BCUT2D eigenvalue weighted by molar-refractivity contribution is 6.03. The monoisotopic (exact) mass is 239 g/mol. The van der Waals surface area contributed by atoms with Crippen LogP contribution in [0.3, 0.4) is 0 Å². The van der Waals surface area contributed by atoms with Gasteiger partial charge in [-0.2, -0.15) is 5.26 Å². The van der Waals surface area contributed by atoms with E-state index in [1.165, 1.54) is 0 Å². The highest BCUT2D eigenvalue weighted by Crippen LogP contribution is 2.22. The van der Waals surface area contributed by atoms with E-state index in [0.717, 1.165) is 10.8 Å². The number of anilines is 1. The van der Waals surface area contributed by atoms with Gasteiger partial charge in [0.05, 0.1) is 11.8 Å². The Morgan fingerprint density at radius 2 is 2.33 bits per heavy atom. The Labute approximate surface area is 105 Å². The van der Waals surface area contributed by atoms with Crippen molar-refractivity contribution >= 4 is 22.4 Å². The molecule has 2 aromatic rings. The third-order valence-electron chi connectivity index (χ3n) is 2.82. The van der Waals surface area contributed by atoms with Gasteiger partial charge in [0.25, 0.3) is 0 Å². The molecule has 0 saturated carbocycles. The zero-order valence-electron chi connectivity index (χ0n) is 10.1. The number of rotatable bonds is 3. The van der Waals surface area contributed by atoms with Crippen LogP contribution in [0.15, 0.2) is 36.7 Å². The molecule has 0 radical (unpaired) electrons. The number of nitrogens with one attached hydrogen (secondary N) is 1. The minimum atomic E-state index is -0.614. The fourth-order valence-electron chi connectivity index (χ4n) is 1.78. The molecule has 0 fully saturated rings. The lowest BCUT2D eigenvalue weighted by atomic mass is 10.1. The predicted molar refractivity (Wildman–Crippen MR) is 69.8 cm³/mol. The van der Waals surface area contributed by atoms with Gasteiger partial charge in [-0.25, -0.2) is 0 Å². The predicted octanol–water partition coefficient (Wildman–Crippen LogP) is 2.72. The molecular formula is C14H13N3O. The number of carbonyl (C=O) groups excluding carboxylic acids is 1. The first kappa shape index (κ1) is 12.1. The Morgan fingerprint density at radius 1 is 1.50 bits per heavy atom. The number of hydrogen-bond donors (Lipinski definition) is 1. The van der Waals surface area contributed by atoms with Crippen LogP contribution in [0.4, 0.5) is 5.69 Å². The largest absolute Gasteiger partial charge is 0.324 e. The quantitative estimate of drug-likeness (QED) is 0.895. The van der Waals surface area contributed by atoms with Crippen LogP contribution in [0.1, 0.15) is 13.3 Å². The maximum absolute atomic E-state index is 11.9. The number of nitrogens with zero attached hydrogens (tertiary/aromatic N) is 2. The van der Waals surface area contributed by atoms with Crippen LogP contribution in [0.2, 0.25) is 0 Å². The van der Waals surface area contributed by atoms with Crippen LogP contribution in [-0.2, 0) is 4.79 Å². The van der Waals surface area contributed by atoms with Gasteiger partial charge in [-0.15, -0.1) is 0 Å². The molecule has 1 heterocycles. The van der Waals surface area contributed by atoms with Crippen molar-refractivity contribution in [1.29, 1.82) is 5.26 Å². The molecular weight excluding hydrogens is 226 g/mol. The number of amides is 1. The first-order chi connectivity index (χ1) is 8.76. The normalized spacial score (nSPS) is 11.8. The molecule has 18 heavy (non-hydrogen) atoms. The second-order valence-electron chi connectivity index (χ2n) is 3.98. The van der Waals surface area contributed by atoms with E-state index in [1.807, 2.05) is 37.3 Å². The molecule has 0 aliphatic heterocycles. The van der Waals surface area contributed by atoms with Crippen molar-refractivity contribution in [3.63, 3.8) is 0 Å². The van der Waals surface area contributed by atoms with E-state index in [1.54, 1.807) is 12.4 Å². The number of benzene rings is 1. The highest BCUT2D eigenvalue weighted by Gasteiger charge is 2.16. The number of pyridine rings is 1. The fourth-order valence-corrected chi connectivity index (χ4v) is 1.78. The second kappa shape index (κ2) is 5.28. The summed E-state index contributed by atoms with van der Waals surface area (Å²) in [5.74, 6) is -0.881.